The monoisotopic (exact) mass is 271 g/mol. The number of hydrogen-bond donors (Lipinski definition) is 1. The van der Waals surface area contributed by atoms with Gasteiger partial charge >= 0.3 is 0 Å². The molecule has 0 amide bonds. The van der Waals surface area contributed by atoms with Gasteiger partial charge in [0.15, 0.2) is 5.22 Å². The van der Waals surface area contributed by atoms with Gasteiger partial charge < -0.3 is 14.5 Å². The average molecular weight is 272 g/mol. The summed E-state index contributed by atoms with van der Waals surface area (Å²) in [5.74, 6) is 0. The maximum Gasteiger partial charge on any atom is 0.197 e. The molecule has 1 fully saturated rings. The fraction of sp³-hybridized carbons (Fsp3) is 0.714. The van der Waals surface area contributed by atoms with Crippen molar-refractivity contribution in [3.8, 4) is 0 Å². The Morgan fingerprint density at radius 1 is 1.56 bits per heavy atom. The summed E-state index contributed by atoms with van der Waals surface area (Å²) in [5, 5.41) is 3.98. The number of halogens is 1. The van der Waals surface area contributed by atoms with Crippen LogP contribution in [0.2, 0.25) is 5.22 Å². The first kappa shape index (κ1) is 13.9. The van der Waals surface area contributed by atoms with Crippen molar-refractivity contribution >= 4 is 11.6 Å². The minimum absolute atomic E-state index is 0.294. The largest absolute Gasteiger partial charge is 0.453 e. The Kier molecular flexibility index (Phi) is 5.54. The van der Waals surface area contributed by atoms with Gasteiger partial charge in [0.2, 0.25) is 0 Å². The van der Waals surface area contributed by atoms with E-state index >= 15 is 0 Å². The smallest absolute Gasteiger partial charge is 0.197 e. The molecule has 0 bridgehead atoms. The summed E-state index contributed by atoms with van der Waals surface area (Å²) in [7, 11) is 0. The Morgan fingerprint density at radius 2 is 2.44 bits per heavy atom. The first-order chi connectivity index (χ1) is 8.81. The van der Waals surface area contributed by atoms with E-state index in [0.717, 1.165) is 38.0 Å². The van der Waals surface area contributed by atoms with Crippen molar-refractivity contribution < 1.29 is 9.15 Å². The van der Waals surface area contributed by atoms with Gasteiger partial charge in [-0.25, -0.2) is 0 Å². The highest BCUT2D eigenvalue weighted by Crippen LogP contribution is 2.28. The first-order valence-corrected chi connectivity index (χ1v) is 7.27. The highest BCUT2D eigenvalue weighted by atomic mass is 35.5. The summed E-state index contributed by atoms with van der Waals surface area (Å²) >= 11 is 6.04. The van der Waals surface area contributed by atoms with Gasteiger partial charge in [-0.2, -0.15) is 0 Å². The van der Waals surface area contributed by atoms with Crippen LogP contribution in [-0.2, 0) is 4.74 Å². The Balaban J connectivity index is 1.80. The third kappa shape index (κ3) is 3.74. The molecule has 2 unspecified atom stereocenters. The van der Waals surface area contributed by atoms with E-state index in [2.05, 4.69) is 12.2 Å². The molecule has 0 aliphatic carbocycles. The average Bonchev–Trinajstić information content (AvgIpc) is 2.99. The molecule has 1 aliphatic rings. The Hall–Kier alpha value is -0.510. The molecule has 0 saturated carbocycles. The Labute approximate surface area is 114 Å². The second-order valence-electron chi connectivity index (χ2n) is 4.83. The van der Waals surface area contributed by atoms with Gasteiger partial charge in [-0.15, -0.1) is 0 Å². The van der Waals surface area contributed by atoms with Crippen molar-refractivity contribution in [2.75, 3.05) is 13.2 Å². The Bertz CT molecular complexity index is 347. The molecule has 102 valence electrons. The van der Waals surface area contributed by atoms with E-state index in [9.17, 15) is 0 Å². The normalized spacial score (nSPS) is 21.3. The zero-order chi connectivity index (χ0) is 12.8. The lowest BCUT2D eigenvalue weighted by Crippen LogP contribution is -2.21. The maximum atomic E-state index is 6.04. The molecule has 0 radical (unpaired) electrons. The van der Waals surface area contributed by atoms with Crippen LogP contribution in [0.3, 0.4) is 0 Å². The number of rotatable bonds is 7. The molecule has 2 rings (SSSR count). The molecular formula is C14H22ClNO2. The molecule has 3 nitrogen and oxygen atoms in total. The zero-order valence-corrected chi connectivity index (χ0v) is 11.7. The van der Waals surface area contributed by atoms with Gasteiger partial charge in [0.05, 0.1) is 12.4 Å². The van der Waals surface area contributed by atoms with Crippen LogP contribution in [-0.4, -0.2) is 19.3 Å². The van der Waals surface area contributed by atoms with Crippen LogP contribution in [0.4, 0.5) is 0 Å². The summed E-state index contributed by atoms with van der Waals surface area (Å²) in [6, 6.07) is 2.25. The van der Waals surface area contributed by atoms with E-state index in [1.54, 1.807) is 6.26 Å². The van der Waals surface area contributed by atoms with Gasteiger partial charge in [-0.1, -0.05) is 6.92 Å². The molecule has 2 atom stereocenters. The molecular weight excluding hydrogens is 250 g/mol. The van der Waals surface area contributed by atoms with E-state index in [0.29, 0.717) is 17.4 Å². The first-order valence-electron chi connectivity index (χ1n) is 6.89. The SMILES string of the molecule is CCNC(CCCC1CCCO1)c1ccoc1Cl. The van der Waals surface area contributed by atoms with Crippen LogP contribution < -0.4 is 5.32 Å². The number of hydrogen-bond acceptors (Lipinski definition) is 3. The number of furan rings is 1. The van der Waals surface area contributed by atoms with Gasteiger partial charge in [-0.05, 0) is 56.3 Å². The molecule has 1 aliphatic heterocycles. The topological polar surface area (TPSA) is 34.4 Å². The lowest BCUT2D eigenvalue weighted by molar-refractivity contribution is 0.101. The highest BCUT2D eigenvalue weighted by Gasteiger charge is 2.18. The van der Waals surface area contributed by atoms with Crippen molar-refractivity contribution in [2.24, 2.45) is 0 Å². The summed E-state index contributed by atoms with van der Waals surface area (Å²) in [5.41, 5.74) is 1.07. The third-order valence-corrected chi connectivity index (χ3v) is 3.82. The van der Waals surface area contributed by atoms with E-state index in [-0.39, 0.29) is 0 Å². The molecule has 0 aromatic carbocycles. The van der Waals surface area contributed by atoms with Gasteiger partial charge in [0.1, 0.15) is 0 Å². The van der Waals surface area contributed by atoms with Crippen LogP contribution >= 0.6 is 11.6 Å². The zero-order valence-electron chi connectivity index (χ0n) is 11.0. The molecule has 0 spiro atoms. The summed E-state index contributed by atoms with van der Waals surface area (Å²) in [6.07, 6.45) is 7.95. The van der Waals surface area contributed by atoms with Crippen LogP contribution in [0.25, 0.3) is 0 Å². The van der Waals surface area contributed by atoms with E-state index in [4.69, 9.17) is 20.8 Å². The Morgan fingerprint density at radius 3 is 3.06 bits per heavy atom. The van der Waals surface area contributed by atoms with E-state index in [1.807, 2.05) is 6.07 Å². The predicted molar refractivity (Wildman–Crippen MR) is 73.0 cm³/mol. The minimum Gasteiger partial charge on any atom is -0.453 e. The van der Waals surface area contributed by atoms with Gasteiger partial charge in [-0.3, -0.25) is 0 Å². The lowest BCUT2D eigenvalue weighted by Gasteiger charge is -2.17. The second kappa shape index (κ2) is 7.17. The molecule has 2 heterocycles. The molecule has 18 heavy (non-hydrogen) atoms. The van der Waals surface area contributed by atoms with Crippen LogP contribution in [0.15, 0.2) is 16.7 Å². The van der Waals surface area contributed by atoms with E-state index in [1.165, 1.54) is 12.8 Å². The molecule has 1 aromatic rings. The molecule has 4 heteroatoms. The quantitative estimate of drug-likeness (QED) is 0.816. The predicted octanol–water partition coefficient (Wildman–Crippen LogP) is 3.93. The third-order valence-electron chi connectivity index (χ3n) is 3.51. The van der Waals surface area contributed by atoms with Crippen LogP contribution in [0.1, 0.15) is 50.6 Å². The molecule has 1 aromatic heterocycles. The standard InChI is InChI=1S/C14H22ClNO2/c1-2-16-13(12-8-10-18-14(12)15)7-3-5-11-6-4-9-17-11/h8,10-11,13,16H,2-7,9H2,1H3. The maximum absolute atomic E-state index is 6.04. The van der Waals surface area contributed by atoms with E-state index < -0.39 is 0 Å². The fourth-order valence-electron chi connectivity index (χ4n) is 2.59. The van der Waals surface area contributed by atoms with Crippen molar-refractivity contribution in [3.63, 3.8) is 0 Å². The minimum atomic E-state index is 0.294. The molecule has 1 saturated heterocycles. The van der Waals surface area contributed by atoms with Crippen molar-refractivity contribution in [2.45, 2.75) is 51.2 Å². The lowest BCUT2D eigenvalue weighted by atomic mass is 10.0. The van der Waals surface area contributed by atoms with Crippen molar-refractivity contribution in [1.29, 1.82) is 0 Å². The second-order valence-corrected chi connectivity index (χ2v) is 5.17. The summed E-state index contributed by atoms with van der Waals surface area (Å²) in [4.78, 5) is 0. The van der Waals surface area contributed by atoms with Crippen LogP contribution in [0, 0.1) is 0 Å². The van der Waals surface area contributed by atoms with Gasteiger partial charge in [0.25, 0.3) is 0 Å². The fourth-order valence-corrected chi connectivity index (χ4v) is 2.84. The molecule has 1 N–H and O–H groups in total. The van der Waals surface area contributed by atoms with Crippen LogP contribution in [0.5, 0.6) is 0 Å². The highest BCUT2D eigenvalue weighted by molar-refractivity contribution is 6.29. The number of ether oxygens (including phenoxy) is 1. The number of nitrogens with one attached hydrogen (secondary N) is 1. The van der Waals surface area contributed by atoms with Gasteiger partial charge in [0, 0.05) is 18.2 Å². The van der Waals surface area contributed by atoms with Crippen molar-refractivity contribution in [1.82, 2.24) is 5.32 Å². The van der Waals surface area contributed by atoms with Crippen molar-refractivity contribution in [3.05, 3.63) is 23.1 Å². The summed E-state index contributed by atoms with van der Waals surface area (Å²) < 4.78 is 10.8. The summed E-state index contributed by atoms with van der Waals surface area (Å²) in [6.45, 7) is 3.99.